The standard InChI is InChI=1S/C11H16N4OS/c1-5-15(7-6-12)10(16)8-9(11(2,3)4)13-14-17-8/h5,7H2,1-4H3. The Balaban J connectivity index is 3.05. The fourth-order valence-electron chi connectivity index (χ4n) is 1.38. The summed E-state index contributed by atoms with van der Waals surface area (Å²) in [6, 6.07) is 1.99. The summed E-state index contributed by atoms with van der Waals surface area (Å²) < 4.78 is 3.85. The average Bonchev–Trinajstić information content (AvgIpc) is 2.73. The van der Waals surface area contributed by atoms with Crippen molar-refractivity contribution in [3.8, 4) is 6.07 Å². The number of nitriles is 1. The highest BCUT2D eigenvalue weighted by Gasteiger charge is 2.28. The molecule has 92 valence electrons. The maximum Gasteiger partial charge on any atom is 0.268 e. The van der Waals surface area contributed by atoms with Crippen LogP contribution < -0.4 is 0 Å². The summed E-state index contributed by atoms with van der Waals surface area (Å²) in [5.41, 5.74) is 0.480. The van der Waals surface area contributed by atoms with Gasteiger partial charge in [0.15, 0.2) is 0 Å². The van der Waals surface area contributed by atoms with Gasteiger partial charge in [-0.1, -0.05) is 25.3 Å². The number of hydrogen-bond acceptors (Lipinski definition) is 5. The second-order valence-electron chi connectivity index (χ2n) is 4.68. The molecule has 0 atom stereocenters. The Morgan fingerprint density at radius 2 is 2.18 bits per heavy atom. The summed E-state index contributed by atoms with van der Waals surface area (Å²) in [5.74, 6) is -0.158. The molecule has 6 heteroatoms. The second kappa shape index (κ2) is 5.23. The highest BCUT2D eigenvalue weighted by Crippen LogP contribution is 2.26. The average molecular weight is 252 g/mol. The van der Waals surface area contributed by atoms with E-state index in [0.29, 0.717) is 17.1 Å². The van der Waals surface area contributed by atoms with Crippen LogP contribution in [0, 0.1) is 11.3 Å². The Bertz CT molecular complexity index is 441. The first kappa shape index (κ1) is 13.6. The highest BCUT2D eigenvalue weighted by atomic mass is 32.1. The summed E-state index contributed by atoms with van der Waals surface area (Å²) in [6.45, 7) is 8.41. The zero-order valence-corrected chi connectivity index (χ0v) is 11.3. The molecule has 0 aliphatic heterocycles. The SMILES string of the molecule is CCN(CC#N)C(=O)c1snnc1C(C)(C)C. The number of nitrogens with zero attached hydrogens (tertiary/aromatic N) is 4. The molecule has 0 saturated carbocycles. The maximum atomic E-state index is 12.2. The predicted molar refractivity (Wildman–Crippen MR) is 65.8 cm³/mol. The molecule has 17 heavy (non-hydrogen) atoms. The molecule has 0 radical (unpaired) electrons. The lowest BCUT2D eigenvalue weighted by atomic mass is 9.91. The van der Waals surface area contributed by atoms with Crippen LogP contribution >= 0.6 is 11.5 Å². The van der Waals surface area contributed by atoms with Crippen LogP contribution in [0.5, 0.6) is 0 Å². The number of hydrogen-bond donors (Lipinski definition) is 0. The van der Waals surface area contributed by atoms with Crippen molar-refractivity contribution >= 4 is 17.4 Å². The largest absolute Gasteiger partial charge is 0.325 e. The quantitative estimate of drug-likeness (QED) is 0.769. The Morgan fingerprint density at radius 3 is 2.65 bits per heavy atom. The zero-order chi connectivity index (χ0) is 13.1. The van der Waals surface area contributed by atoms with E-state index in [0.717, 1.165) is 11.5 Å². The summed E-state index contributed by atoms with van der Waals surface area (Å²) >= 11 is 1.09. The van der Waals surface area contributed by atoms with Crippen LogP contribution in [0.25, 0.3) is 0 Å². The van der Waals surface area contributed by atoms with Gasteiger partial charge in [-0.05, 0) is 18.5 Å². The van der Waals surface area contributed by atoms with E-state index in [-0.39, 0.29) is 17.9 Å². The molecule has 0 saturated heterocycles. The molecule has 0 bridgehead atoms. The van der Waals surface area contributed by atoms with Crippen LogP contribution in [0.4, 0.5) is 0 Å². The van der Waals surface area contributed by atoms with E-state index >= 15 is 0 Å². The van der Waals surface area contributed by atoms with E-state index < -0.39 is 0 Å². The van der Waals surface area contributed by atoms with Crippen molar-refractivity contribution in [2.75, 3.05) is 13.1 Å². The summed E-state index contributed by atoms with van der Waals surface area (Å²) in [5, 5.41) is 12.7. The van der Waals surface area contributed by atoms with Crippen LogP contribution in [0.2, 0.25) is 0 Å². The molecule has 1 heterocycles. The molecule has 0 aromatic carbocycles. The third-order valence-electron chi connectivity index (χ3n) is 2.32. The fraction of sp³-hybridized carbons (Fsp3) is 0.636. The normalized spacial score (nSPS) is 11.0. The van der Waals surface area contributed by atoms with Gasteiger partial charge < -0.3 is 4.90 Å². The Morgan fingerprint density at radius 1 is 1.53 bits per heavy atom. The van der Waals surface area contributed by atoms with E-state index in [2.05, 4.69) is 9.59 Å². The Labute approximate surface area is 105 Å². The van der Waals surface area contributed by atoms with Gasteiger partial charge in [0.1, 0.15) is 11.4 Å². The van der Waals surface area contributed by atoms with Gasteiger partial charge >= 0.3 is 0 Å². The molecular formula is C11H16N4OS. The second-order valence-corrected chi connectivity index (χ2v) is 5.43. The van der Waals surface area contributed by atoms with Gasteiger partial charge in [0.05, 0.1) is 11.8 Å². The van der Waals surface area contributed by atoms with Gasteiger partial charge in [-0.2, -0.15) is 5.26 Å². The minimum Gasteiger partial charge on any atom is -0.325 e. The van der Waals surface area contributed by atoms with E-state index in [1.165, 1.54) is 4.90 Å². The van der Waals surface area contributed by atoms with Crippen LogP contribution in [-0.2, 0) is 5.41 Å². The van der Waals surface area contributed by atoms with Crippen molar-refractivity contribution in [1.29, 1.82) is 5.26 Å². The number of aromatic nitrogens is 2. The molecule has 5 nitrogen and oxygen atoms in total. The summed E-state index contributed by atoms with van der Waals surface area (Å²) in [6.07, 6.45) is 0. The first-order valence-electron chi connectivity index (χ1n) is 5.40. The van der Waals surface area contributed by atoms with E-state index in [4.69, 9.17) is 5.26 Å². The first-order chi connectivity index (χ1) is 7.91. The highest BCUT2D eigenvalue weighted by molar-refractivity contribution is 7.08. The van der Waals surface area contributed by atoms with E-state index in [9.17, 15) is 4.79 Å². The minimum absolute atomic E-state index is 0.0941. The van der Waals surface area contributed by atoms with Crippen molar-refractivity contribution in [2.45, 2.75) is 33.1 Å². The van der Waals surface area contributed by atoms with Crippen molar-refractivity contribution in [3.05, 3.63) is 10.6 Å². The van der Waals surface area contributed by atoms with Crippen molar-refractivity contribution in [3.63, 3.8) is 0 Å². The zero-order valence-electron chi connectivity index (χ0n) is 10.5. The van der Waals surface area contributed by atoms with Crippen LogP contribution in [0.3, 0.4) is 0 Å². The third kappa shape index (κ3) is 3.01. The van der Waals surface area contributed by atoms with Crippen molar-refractivity contribution in [1.82, 2.24) is 14.5 Å². The van der Waals surface area contributed by atoms with Crippen LogP contribution in [0.15, 0.2) is 0 Å². The first-order valence-corrected chi connectivity index (χ1v) is 6.18. The third-order valence-corrected chi connectivity index (χ3v) is 3.04. The molecule has 1 amide bonds. The number of amides is 1. The van der Waals surface area contributed by atoms with Crippen molar-refractivity contribution in [2.24, 2.45) is 0 Å². The predicted octanol–water partition coefficient (Wildman–Crippen LogP) is 1.82. The lowest BCUT2D eigenvalue weighted by Gasteiger charge is -2.20. The molecular weight excluding hydrogens is 236 g/mol. The van der Waals surface area contributed by atoms with Crippen molar-refractivity contribution < 1.29 is 4.79 Å². The maximum absolute atomic E-state index is 12.2. The molecule has 1 aromatic rings. The molecule has 0 aliphatic carbocycles. The Kier molecular flexibility index (Phi) is 4.18. The number of rotatable bonds is 3. The van der Waals surface area contributed by atoms with E-state index in [1.807, 2.05) is 33.8 Å². The molecule has 1 rings (SSSR count). The van der Waals surface area contributed by atoms with Gasteiger partial charge in [-0.15, -0.1) is 5.10 Å². The topological polar surface area (TPSA) is 69.9 Å². The molecule has 0 unspecified atom stereocenters. The fourth-order valence-corrected chi connectivity index (χ4v) is 2.22. The monoisotopic (exact) mass is 252 g/mol. The Hall–Kier alpha value is -1.48. The van der Waals surface area contributed by atoms with Gasteiger partial charge in [0.2, 0.25) is 0 Å². The number of carbonyl (C=O) groups is 1. The van der Waals surface area contributed by atoms with Gasteiger partial charge in [-0.25, -0.2) is 0 Å². The molecule has 0 aliphatic rings. The van der Waals surface area contributed by atoms with Gasteiger partial charge in [0.25, 0.3) is 5.91 Å². The van der Waals surface area contributed by atoms with Crippen LogP contribution in [-0.4, -0.2) is 33.5 Å². The molecule has 0 N–H and O–H groups in total. The minimum atomic E-state index is -0.218. The lowest BCUT2D eigenvalue weighted by molar-refractivity contribution is 0.0786. The lowest BCUT2D eigenvalue weighted by Crippen LogP contribution is -2.32. The van der Waals surface area contributed by atoms with Gasteiger partial charge in [0, 0.05) is 12.0 Å². The molecule has 1 aromatic heterocycles. The number of carbonyl (C=O) groups excluding carboxylic acids is 1. The summed E-state index contributed by atoms with van der Waals surface area (Å²) in [7, 11) is 0. The molecule has 0 spiro atoms. The van der Waals surface area contributed by atoms with E-state index in [1.54, 1.807) is 0 Å². The molecule has 0 fully saturated rings. The summed E-state index contributed by atoms with van der Waals surface area (Å²) in [4.78, 5) is 14.2. The van der Waals surface area contributed by atoms with Gasteiger partial charge in [-0.3, -0.25) is 4.79 Å². The smallest absolute Gasteiger partial charge is 0.268 e. The van der Waals surface area contributed by atoms with Crippen LogP contribution in [0.1, 0.15) is 43.1 Å².